The average Bonchev–Trinajstić information content (AvgIpc) is 2.43. The van der Waals surface area contributed by atoms with E-state index < -0.39 is 0 Å². The maximum atomic E-state index is 13.5. The van der Waals surface area contributed by atoms with Crippen LogP contribution in [0.4, 0.5) is 10.2 Å². The van der Waals surface area contributed by atoms with Gasteiger partial charge in [-0.15, -0.1) is 0 Å². The molecule has 0 spiro atoms. The molecule has 0 amide bonds. The summed E-state index contributed by atoms with van der Waals surface area (Å²) in [6, 6.07) is 4.35. The monoisotopic (exact) mass is 275 g/mol. The van der Waals surface area contributed by atoms with Crippen LogP contribution < -0.4 is 10.5 Å². The molecule has 0 saturated heterocycles. The summed E-state index contributed by atoms with van der Waals surface area (Å²) < 4.78 is 18.8. The Hall–Kier alpha value is -2.17. The number of nitrogens with zero attached hydrogens (tertiary/aromatic N) is 2. The number of rotatable bonds is 4. The van der Waals surface area contributed by atoms with Crippen LogP contribution in [0.25, 0.3) is 11.3 Å². The van der Waals surface area contributed by atoms with E-state index in [4.69, 9.17) is 10.5 Å². The molecule has 106 valence electrons. The number of nitrogen functional groups attached to an aromatic ring is 1. The van der Waals surface area contributed by atoms with E-state index in [1.807, 2.05) is 13.8 Å². The molecule has 0 aliphatic carbocycles. The quantitative estimate of drug-likeness (QED) is 0.931. The number of benzene rings is 1. The molecule has 1 aromatic heterocycles. The summed E-state index contributed by atoms with van der Waals surface area (Å²) in [7, 11) is 1.55. The van der Waals surface area contributed by atoms with Gasteiger partial charge in [-0.2, -0.15) is 0 Å². The van der Waals surface area contributed by atoms with Gasteiger partial charge in [0.05, 0.1) is 12.8 Å². The zero-order chi connectivity index (χ0) is 14.7. The minimum atomic E-state index is -0.338. The van der Waals surface area contributed by atoms with Gasteiger partial charge in [-0.3, -0.25) is 0 Å². The van der Waals surface area contributed by atoms with E-state index in [1.165, 1.54) is 12.1 Å². The lowest BCUT2D eigenvalue weighted by Crippen LogP contribution is -2.05. The van der Waals surface area contributed by atoms with Crippen LogP contribution in [0.15, 0.2) is 18.2 Å². The van der Waals surface area contributed by atoms with Crippen molar-refractivity contribution in [2.75, 3.05) is 12.8 Å². The lowest BCUT2D eigenvalue weighted by molar-refractivity contribution is 0.415. The Balaban J connectivity index is 2.65. The Morgan fingerprint density at radius 3 is 2.70 bits per heavy atom. The Bertz CT molecular complexity index is 629. The van der Waals surface area contributed by atoms with Crippen molar-refractivity contribution < 1.29 is 9.13 Å². The van der Waals surface area contributed by atoms with Crippen molar-refractivity contribution in [2.24, 2.45) is 0 Å². The summed E-state index contributed by atoms with van der Waals surface area (Å²) in [5.41, 5.74) is 7.88. The van der Waals surface area contributed by atoms with Crippen LogP contribution in [0.1, 0.15) is 24.7 Å². The number of halogens is 1. The van der Waals surface area contributed by atoms with E-state index in [9.17, 15) is 4.39 Å². The predicted molar refractivity (Wildman–Crippen MR) is 77.1 cm³/mol. The predicted octanol–water partition coefficient (Wildman–Crippen LogP) is 3.13. The average molecular weight is 275 g/mol. The Kier molecular flexibility index (Phi) is 4.17. The normalized spacial score (nSPS) is 10.6. The number of ether oxygens (including phenoxy) is 1. The third-order valence-electron chi connectivity index (χ3n) is 3.12. The third kappa shape index (κ3) is 2.71. The van der Waals surface area contributed by atoms with Gasteiger partial charge in [-0.25, -0.2) is 14.4 Å². The van der Waals surface area contributed by atoms with Crippen LogP contribution in [0.3, 0.4) is 0 Å². The summed E-state index contributed by atoms with van der Waals surface area (Å²) in [5.74, 6) is 1.31. The van der Waals surface area contributed by atoms with Crippen molar-refractivity contribution in [3.05, 3.63) is 35.4 Å². The van der Waals surface area contributed by atoms with Crippen molar-refractivity contribution in [2.45, 2.75) is 26.7 Å². The molecule has 2 N–H and O–H groups in total. The number of nitrogens with two attached hydrogens (primary N) is 1. The van der Waals surface area contributed by atoms with Gasteiger partial charge < -0.3 is 10.5 Å². The third-order valence-corrected chi connectivity index (χ3v) is 3.12. The Morgan fingerprint density at radius 2 is 2.05 bits per heavy atom. The topological polar surface area (TPSA) is 61.0 Å². The second-order valence-electron chi connectivity index (χ2n) is 4.59. The fraction of sp³-hybridized carbons (Fsp3) is 0.333. The zero-order valence-corrected chi connectivity index (χ0v) is 11.9. The van der Waals surface area contributed by atoms with Gasteiger partial charge in [0.1, 0.15) is 23.2 Å². The summed E-state index contributed by atoms with van der Waals surface area (Å²) in [5, 5.41) is 0. The molecule has 0 radical (unpaired) electrons. The van der Waals surface area contributed by atoms with Crippen LogP contribution in [0.5, 0.6) is 5.75 Å². The first-order chi connectivity index (χ1) is 9.56. The number of hydrogen-bond donors (Lipinski definition) is 1. The van der Waals surface area contributed by atoms with Gasteiger partial charge in [0.25, 0.3) is 0 Å². The van der Waals surface area contributed by atoms with Crippen molar-refractivity contribution in [1.29, 1.82) is 0 Å². The van der Waals surface area contributed by atoms with Gasteiger partial charge in [-0.1, -0.05) is 6.92 Å². The Labute approximate surface area is 117 Å². The van der Waals surface area contributed by atoms with Gasteiger partial charge in [-0.05, 0) is 31.5 Å². The van der Waals surface area contributed by atoms with Crippen molar-refractivity contribution >= 4 is 5.82 Å². The van der Waals surface area contributed by atoms with Gasteiger partial charge >= 0.3 is 0 Å². The van der Waals surface area contributed by atoms with Crippen LogP contribution in [-0.2, 0) is 6.42 Å². The number of methoxy groups -OCH3 is 1. The van der Waals surface area contributed by atoms with Crippen LogP contribution >= 0.6 is 0 Å². The van der Waals surface area contributed by atoms with Crippen LogP contribution in [-0.4, -0.2) is 17.1 Å². The summed E-state index contributed by atoms with van der Waals surface area (Å²) >= 11 is 0. The second kappa shape index (κ2) is 5.86. The van der Waals surface area contributed by atoms with Gasteiger partial charge in [0.2, 0.25) is 0 Å². The molecule has 1 heterocycles. The summed E-state index contributed by atoms with van der Waals surface area (Å²) in [4.78, 5) is 8.76. The lowest BCUT2D eigenvalue weighted by atomic mass is 10.1. The van der Waals surface area contributed by atoms with Gasteiger partial charge in [0.15, 0.2) is 0 Å². The molecule has 0 fully saturated rings. The largest absolute Gasteiger partial charge is 0.496 e. The highest BCUT2D eigenvalue weighted by atomic mass is 19.1. The lowest BCUT2D eigenvalue weighted by Gasteiger charge is -2.13. The van der Waals surface area contributed by atoms with Crippen LogP contribution in [0.2, 0.25) is 0 Å². The van der Waals surface area contributed by atoms with Crippen molar-refractivity contribution in [3.63, 3.8) is 0 Å². The standard InChI is InChI=1S/C15H18FN3O/c1-4-5-13-18-14(9(2)15(17)19-13)11-8-10(16)6-7-12(11)20-3/h6-8H,4-5H2,1-3H3,(H2,17,18,19). The fourth-order valence-corrected chi connectivity index (χ4v) is 2.05. The zero-order valence-electron chi connectivity index (χ0n) is 11.9. The summed E-state index contributed by atoms with van der Waals surface area (Å²) in [6.07, 6.45) is 1.65. The van der Waals surface area contributed by atoms with E-state index >= 15 is 0 Å². The van der Waals surface area contributed by atoms with E-state index in [0.29, 0.717) is 28.6 Å². The van der Waals surface area contributed by atoms with Crippen molar-refractivity contribution in [3.8, 4) is 17.0 Å². The van der Waals surface area contributed by atoms with Crippen molar-refractivity contribution in [1.82, 2.24) is 9.97 Å². The number of hydrogen-bond acceptors (Lipinski definition) is 4. The van der Waals surface area contributed by atoms with E-state index in [0.717, 1.165) is 18.4 Å². The maximum absolute atomic E-state index is 13.5. The second-order valence-corrected chi connectivity index (χ2v) is 4.59. The first-order valence-electron chi connectivity index (χ1n) is 6.53. The molecule has 0 bridgehead atoms. The molecule has 4 nitrogen and oxygen atoms in total. The molecule has 20 heavy (non-hydrogen) atoms. The molecular weight excluding hydrogens is 257 g/mol. The smallest absolute Gasteiger partial charge is 0.131 e. The molecular formula is C15H18FN3O. The molecule has 0 atom stereocenters. The molecule has 5 heteroatoms. The highest BCUT2D eigenvalue weighted by Gasteiger charge is 2.15. The molecule has 2 rings (SSSR count). The fourth-order valence-electron chi connectivity index (χ4n) is 2.05. The number of aryl methyl sites for hydroxylation is 1. The SMILES string of the molecule is CCCc1nc(N)c(C)c(-c2cc(F)ccc2OC)n1. The number of aromatic nitrogens is 2. The van der Waals surface area contributed by atoms with E-state index in [2.05, 4.69) is 9.97 Å². The highest BCUT2D eigenvalue weighted by molar-refractivity contribution is 5.72. The summed E-state index contributed by atoms with van der Waals surface area (Å²) in [6.45, 7) is 3.87. The first-order valence-corrected chi connectivity index (χ1v) is 6.53. The minimum Gasteiger partial charge on any atom is -0.496 e. The molecule has 0 saturated carbocycles. The molecule has 0 aliphatic heterocycles. The molecule has 0 aliphatic rings. The molecule has 2 aromatic rings. The number of anilines is 1. The van der Waals surface area contributed by atoms with Gasteiger partial charge in [0, 0.05) is 17.5 Å². The highest BCUT2D eigenvalue weighted by Crippen LogP contribution is 2.33. The molecule has 1 aromatic carbocycles. The maximum Gasteiger partial charge on any atom is 0.131 e. The minimum absolute atomic E-state index is 0.338. The Morgan fingerprint density at radius 1 is 1.30 bits per heavy atom. The molecule has 0 unspecified atom stereocenters. The van der Waals surface area contributed by atoms with Crippen LogP contribution in [0, 0.1) is 12.7 Å². The van der Waals surface area contributed by atoms with E-state index in [1.54, 1.807) is 13.2 Å². The van der Waals surface area contributed by atoms with E-state index in [-0.39, 0.29) is 5.82 Å². The first kappa shape index (κ1) is 14.2.